The van der Waals surface area contributed by atoms with Gasteiger partial charge in [-0.2, -0.15) is 0 Å². The summed E-state index contributed by atoms with van der Waals surface area (Å²) < 4.78 is 0. The maximum atomic E-state index is 12.5. The zero-order valence-corrected chi connectivity index (χ0v) is 12.1. The first-order valence-electron chi connectivity index (χ1n) is 6.73. The van der Waals surface area contributed by atoms with Crippen molar-refractivity contribution in [2.75, 3.05) is 13.1 Å². The lowest BCUT2D eigenvalue weighted by molar-refractivity contribution is -0.0108. The molecule has 1 aliphatic rings. The average Bonchev–Trinajstić information content (AvgIpc) is 2.57. The normalized spacial score (nSPS) is 25.6. The van der Waals surface area contributed by atoms with Crippen LogP contribution in [0.5, 0.6) is 0 Å². The highest BCUT2D eigenvalue weighted by Crippen LogP contribution is 2.38. The Morgan fingerprint density at radius 2 is 2.11 bits per heavy atom. The number of aliphatic hydroxyl groups is 1. The lowest BCUT2D eigenvalue weighted by atomic mass is 9.79. The van der Waals surface area contributed by atoms with Gasteiger partial charge in [0.1, 0.15) is 0 Å². The van der Waals surface area contributed by atoms with Gasteiger partial charge in [0.2, 0.25) is 0 Å². The molecule has 1 aromatic heterocycles. The van der Waals surface area contributed by atoms with Crippen molar-refractivity contribution in [3.63, 3.8) is 0 Å². The van der Waals surface area contributed by atoms with E-state index in [0.717, 1.165) is 12.1 Å². The summed E-state index contributed by atoms with van der Waals surface area (Å²) in [7, 11) is 0. The van der Waals surface area contributed by atoms with Gasteiger partial charge in [-0.05, 0) is 25.5 Å². The van der Waals surface area contributed by atoms with E-state index in [9.17, 15) is 9.90 Å². The maximum Gasteiger partial charge on any atom is 0.254 e. The van der Waals surface area contributed by atoms with Crippen LogP contribution in [0.4, 0.5) is 0 Å². The van der Waals surface area contributed by atoms with E-state index >= 15 is 0 Å². The summed E-state index contributed by atoms with van der Waals surface area (Å²) in [5.41, 5.74) is 0.434. The van der Waals surface area contributed by atoms with Crippen molar-refractivity contribution in [2.24, 2.45) is 5.41 Å². The van der Waals surface area contributed by atoms with E-state index in [0.29, 0.717) is 18.7 Å². The number of carbonyl (C=O) groups is 1. The van der Waals surface area contributed by atoms with Crippen molar-refractivity contribution in [3.8, 4) is 0 Å². The van der Waals surface area contributed by atoms with E-state index in [1.807, 2.05) is 26.8 Å². The van der Waals surface area contributed by atoms with Crippen molar-refractivity contribution in [2.45, 2.75) is 39.7 Å². The molecule has 2 rings (SSSR count). The largest absolute Gasteiger partial charge is 0.388 e. The zero-order chi connectivity index (χ0) is 14.3. The first-order valence-corrected chi connectivity index (χ1v) is 6.73. The van der Waals surface area contributed by atoms with Gasteiger partial charge in [0.25, 0.3) is 5.91 Å². The van der Waals surface area contributed by atoms with Crippen LogP contribution in [0.3, 0.4) is 0 Å². The molecule has 4 nitrogen and oxygen atoms in total. The van der Waals surface area contributed by atoms with Crippen LogP contribution in [0.15, 0.2) is 18.3 Å². The Morgan fingerprint density at radius 3 is 2.63 bits per heavy atom. The number of nitrogens with zero attached hydrogens (tertiary/aromatic N) is 2. The third-order valence-corrected chi connectivity index (χ3v) is 4.26. The summed E-state index contributed by atoms with van der Waals surface area (Å²) in [6, 6.07) is 3.57. The first kappa shape index (κ1) is 14.0. The number of aromatic nitrogens is 1. The molecule has 1 aliphatic heterocycles. The minimum absolute atomic E-state index is 0.0250. The van der Waals surface area contributed by atoms with Crippen molar-refractivity contribution >= 4 is 5.91 Å². The molecule has 19 heavy (non-hydrogen) atoms. The quantitative estimate of drug-likeness (QED) is 0.885. The van der Waals surface area contributed by atoms with E-state index in [2.05, 4.69) is 4.98 Å². The average molecular weight is 262 g/mol. The molecule has 0 unspecified atom stereocenters. The van der Waals surface area contributed by atoms with Gasteiger partial charge in [0, 0.05) is 29.4 Å². The highest BCUT2D eigenvalue weighted by Gasteiger charge is 2.49. The molecular weight excluding hydrogens is 240 g/mol. The number of likely N-dealkylation sites (tertiary alicyclic amines) is 1. The van der Waals surface area contributed by atoms with Gasteiger partial charge in [0.15, 0.2) is 0 Å². The molecule has 0 saturated carbocycles. The maximum absolute atomic E-state index is 12.5. The number of pyridine rings is 1. The molecule has 1 aromatic rings. The molecule has 1 atom stereocenters. The highest BCUT2D eigenvalue weighted by atomic mass is 16.3. The summed E-state index contributed by atoms with van der Waals surface area (Å²) in [6.07, 6.45) is 2.48. The fourth-order valence-corrected chi connectivity index (χ4v) is 2.42. The monoisotopic (exact) mass is 262 g/mol. The van der Waals surface area contributed by atoms with Crippen molar-refractivity contribution in [3.05, 3.63) is 29.6 Å². The van der Waals surface area contributed by atoms with E-state index in [1.165, 1.54) is 0 Å². The Kier molecular flexibility index (Phi) is 3.39. The molecule has 1 fully saturated rings. The highest BCUT2D eigenvalue weighted by molar-refractivity contribution is 5.94. The summed E-state index contributed by atoms with van der Waals surface area (Å²) in [6.45, 7) is 8.74. The van der Waals surface area contributed by atoms with E-state index in [1.54, 1.807) is 24.1 Å². The van der Waals surface area contributed by atoms with Crippen molar-refractivity contribution in [1.82, 2.24) is 9.88 Å². The topological polar surface area (TPSA) is 53.4 Å². The Hall–Kier alpha value is -1.42. The molecule has 0 bridgehead atoms. The molecule has 0 aromatic carbocycles. The van der Waals surface area contributed by atoms with Gasteiger partial charge in [-0.25, -0.2) is 0 Å². The summed E-state index contributed by atoms with van der Waals surface area (Å²) in [5.74, 6) is -0.0250. The standard InChI is InChI=1S/C15H22N2O2/c1-5-12-8-11(6-7-16-12)13(18)17-9-14(2,3)15(4,19)10-17/h6-8,19H,5,9-10H2,1-4H3/t15-/m0/s1. The number of rotatable bonds is 2. The fourth-order valence-electron chi connectivity index (χ4n) is 2.42. The smallest absolute Gasteiger partial charge is 0.254 e. The van der Waals surface area contributed by atoms with Crippen LogP contribution >= 0.6 is 0 Å². The van der Waals surface area contributed by atoms with E-state index in [-0.39, 0.29) is 11.3 Å². The Labute approximate surface area is 114 Å². The lowest BCUT2D eigenvalue weighted by Gasteiger charge is -2.30. The van der Waals surface area contributed by atoms with Gasteiger partial charge in [0.05, 0.1) is 12.1 Å². The van der Waals surface area contributed by atoms with Gasteiger partial charge in [-0.15, -0.1) is 0 Å². The van der Waals surface area contributed by atoms with Crippen LogP contribution in [0.25, 0.3) is 0 Å². The van der Waals surface area contributed by atoms with Crippen LogP contribution in [0.2, 0.25) is 0 Å². The Balaban J connectivity index is 2.22. The Morgan fingerprint density at radius 1 is 1.42 bits per heavy atom. The zero-order valence-electron chi connectivity index (χ0n) is 12.1. The second-order valence-electron chi connectivity index (χ2n) is 6.21. The minimum atomic E-state index is -0.844. The molecule has 4 heteroatoms. The first-order chi connectivity index (χ1) is 8.77. The molecule has 2 heterocycles. The van der Waals surface area contributed by atoms with Gasteiger partial charge in [-0.3, -0.25) is 9.78 Å². The second-order valence-corrected chi connectivity index (χ2v) is 6.21. The third-order valence-electron chi connectivity index (χ3n) is 4.26. The predicted octanol–water partition coefficient (Wildman–Crippen LogP) is 1.88. The molecule has 1 saturated heterocycles. The minimum Gasteiger partial charge on any atom is -0.388 e. The summed E-state index contributed by atoms with van der Waals surface area (Å²) in [4.78, 5) is 18.4. The SMILES string of the molecule is CCc1cc(C(=O)N2CC(C)(C)[C@@](C)(O)C2)ccn1. The number of carbonyl (C=O) groups excluding carboxylic acids is 1. The number of hydrogen-bond acceptors (Lipinski definition) is 3. The molecular formula is C15H22N2O2. The number of β-amino-alcohol motifs (C(OH)–C–C–N with tert-alkyl or cyclic N) is 1. The summed E-state index contributed by atoms with van der Waals surface area (Å²) in [5, 5.41) is 10.4. The number of aryl methyl sites for hydroxylation is 1. The van der Waals surface area contributed by atoms with Gasteiger partial charge < -0.3 is 10.0 Å². The van der Waals surface area contributed by atoms with Crippen molar-refractivity contribution in [1.29, 1.82) is 0 Å². The number of hydrogen-bond donors (Lipinski definition) is 1. The van der Waals surface area contributed by atoms with Gasteiger partial charge >= 0.3 is 0 Å². The van der Waals surface area contributed by atoms with Gasteiger partial charge in [-0.1, -0.05) is 20.8 Å². The van der Waals surface area contributed by atoms with Crippen LogP contribution < -0.4 is 0 Å². The lowest BCUT2D eigenvalue weighted by Crippen LogP contribution is -2.40. The van der Waals surface area contributed by atoms with Crippen LogP contribution in [0, 0.1) is 5.41 Å². The van der Waals surface area contributed by atoms with Crippen LogP contribution in [-0.2, 0) is 6.42 Å². The third kappa shape index (κ3) is 2.50. The summed E-state index contributed by atoms with van der Waals surface area (Å²) >= 11 is 0. The fraction of sp³-hybridized carbons (Fsp3) is 0.600. The Bertz CT molecular complexity index is 479. The molecule has 1 N–H and O–H groups in total. The predicted molar refractivity (Wildman–Crippen MR) is 73.9 cm³/mol. The molecule has 1 amide bonds. The number of amides is 1. The van der Waals surface area contributed by atoms with Crippen LogP contribution in [-0.4, -0.2) is 39.6 Å². The van der Waals surface area contributed by atoms with Crippen LogP contribution in [0.1, 0.15) is 43.7 Å². The second kappa shape index (κ2) is 4.60. The molecule has 104 valence electrons. The molecule has 0 radical (unpaired) electrons. The molecule has 0 aliphatic carbocycles. The molecule has 0 spiro atoms. The van der Waals surface area contributed by atoms with E-state index in [4.69, 9.17) is 0 Å². The van der Waals surface area contributed by atoms with E-state index < -0.39 is 5.60 Å². The van der Waals surface area contributed by atoms with Crippen molar-refractivity contribution < 1.29 is 9.90 Å².